The number of hydrogen-bond acceptors (Lipinski definition) is 6. The summed E-state index contributed by atoms with van der Waals surface area (Å²) in [4.78, 5) is 15.4. The van der Waals surface area contributed by atoms with E-state index in [2.05, 4.69) is 15.6 Å². The molecule has 3 rings (SSSR count). The minimum atomic E-state index is -0.0870. The average molecular weight is 317 g/mol. The van der Waals surface area contributed by atoms with Gasteiger partial charge >= 0.3 is 0 Å². The molecule has 3 aromatic heterocycles. The van der Waals surface area contributed by atoms with Crippen LogP contribution in [0, 0.1) is 0 Å². The van der Waals surface area contributed by atoms with E-state index >= 15 is 0 Å². The summed E-state index contributed by atoms with van der Waals surface area (Å²) in [5.74, 6) is 2.15. The van der Waals surface area contributed by atoms with Crippen LogP contribution in [0.25, 0.3) is 11.5 Å². The maximum Gasteiger partial charge on any atom is 0.217 e. The maximum absolute atomic E-state index is 10.9. The highest BCUT2D eigenvalue weighted by atomic mass is 32.1. The lowest BCUT2D eigenvalue weighted by Crippen LogP contribution is -2.18. The number of anilines is 1. The summed E-state index contributed by atoms with van der Waals surface area (Å²) in [6.07, 6.45) is 1.64. The van der Waals surface area contributed by atoms with Crippen LogP contribution in [0.4, 0.5) is 5.13 Å². The molecule has 0 aromatic carbocycles. The fourth-order valence-electron chi connectivity index (χ4n) is 1.87. The van der Waals surface area contributed by atoms with Crippen molar-refractivity contribution in [1.82, 2.24) is 10.3 Å². The Kier molecular flexibility index (Phi) is 4.24. The normalized spacial score (nSPS) is 10.6. The van der Waals surface area contributed by atoms with Gasteiger partial charge in [-0.15, -0.1) is 11.3 Å². The van der Waals surface area contributed by atoms with Crippen LogP contribution >= 0.6 is 11.3 Å². The molecule has 3 aromatic rings. The second kappa shape index (κ2) is 6.48. The molecular formula is C15H15N3O3S. The van der Waals surface area contributed by atoms with Crippen molar-refractivity contribution in [3.63, 3.8) is 0 Å². The number of aromatic nitrogens is 1. The summed E-state index contributed by atoms with van der Waals surface area (Å²) >= 11 is 1.50. The smallest absolute Gasteiger partial charge is 0.217 e. The highest BCUT2D eigenvalue weighted by Gasteiger charge is 2.09. The predicted molar refractivity (Wildman–Crippen MR) is 83.4 cm³/mol. The van der Waals surface area contributed by atoms with E-state index in [4.69, 9.17) is 8.83 Å². The Morgan fingerprint density at radius 2 is 2.18 bits per heavy atom. The second-order valence-electron chi connectivity index (χ2n) is 4.65. The number of furan rings is 2. The zero-order chi connectivity index (χ0) is 15.4. The first kappa shape index (κ1) is 14.4. The van der Waals surface area contributed by atoms with Crippen molar-refractivity contribution < 1.29 is 13.6 Å². The molecular weight excluding hydrogens is 302 g/mol. The Morgan fingerprint density at radius 3 is 2.95 bits per heavy atom. The van der Waals surface area contributed by atoms with Gasteiger partial charge in [0, 0.05) is 12.3 Å². The molecule has 0 aliphatic rings. The van der Waals surface area contributed by atoms with E-state index in [9.17, 15) is 4.79 Å². The number of nitrogens with zero attached hydrogens (tertiary/aromatic N) is 1. The van der Waals surface area contributed by atoms with E-state index in [-0.39, 0.29) is 5.91 Å². The van der Waals surface area contributed by atoms with Crippen molar-refractivity contribution in [2.45, 2.75) is 20.0 Å². The zero-order valence-corrected chi connectivity index (χ0v) is 12.8. The van der Waals surface area contributed by atoms with Crippen LogP contribution < -0.4 is 10.6 Å². The van der Waals surface area contributed by atoms with Crippen LogP contribution in [0.1, 0.15) is 18.4 Å². The van der Waals surface area contributed by atoms with Gasteiger partial charge in [0.05, 0.1) is 19.4 Å². The van der Waals surface area contributed by atoms with Crippen molar-refractivity contribution in [3.05, 3.63) is 47.4 Å². The molecule has 7 heteroatoms. The Bertz CT molecular complexity index is 746. The van der Waals surface area contributed by atoms with Crippen LogP contribution in [-0.4, -0.2) is 10.9 Å². The van der Waals surface area contributed by atoms with E-state index in [1.165, 1.54) is 18.3 Å². The topological polar surface area (TPSA) is 80.3 Å². The van der Waals surface area contributed by atoms with Crippen molar-refractivity contribution in [2.75, 3.05) is 5.32 Å². The van der Waals surface area contributed by atoms with E-state index in [0.29, 0.717) is 24.6 Å². The van der Waals surface area contributed by atoms with Gasteiger partial charge in [0.15, 0.2) is 10.9 Å². The molecule has 114 valence electrons. The minimum Gasteiger partial charge on any atom is -0.467 e. The quantitative estimate of drug-likeness (QED) is 0.729. The van der Waals surface area contributed by atoms with Crippen molar-refractivity contribution in [2.24, 2.45) is 0 Å². The Labute approximate surface area is 131 Å². The van der Waals surface area contributed by atoms with E-state index in [1.54, 1.807) is 6.26 Å². The molecule has 0 unspecified atom stereocenters. The molecule has 0 atom stereocenters. The first-order valence-electron chi connectivity index (χ1n) is 6.76. The third-order valence-corrected chi connectivity index (χ3v) is 3.72. The van der Waals surface area contributed by atoms with Gasteiger partial charge < -0.3 is 19.5 Å². The zero-order valence-electron chi connectivity index (χ0n) is 12.0. The monoisotopic (exact) mass is 317 g/mol. The summed E-state index contributed by atoms with van der Waals surface area (Å²) in [7, 11) is 0. The number of thiazole rings is 1. The van der Waals surface area contributed by atoms with Gasteiger partial charge in [-0.1, -0.05) is 0 Å². The highest BCUT2D eigenvalue weighted by molar-refractivity contribution is 7.14. The molecule has 0 aliphatic carbocycles. The largest absolute Gasteiger partial charge is 0.467 e. The molecule has 1 amide bonds. The Balaban J connectivity index is 1.62. The van der Waals surface area contributed by atoms with Crippen LogP contribution in [0.15, 0.2) is 44.7 Å². The lowest BCUT2D eigenvalue weighted by Gasteiger charge is -1.98. The number of hydrogen-bond donors (Lipinski definition) is 2. The average Bonchev–Trinajstić information content (AvgIpc) is 3.23. The molecule has 0 saturated carbocycles. The molecule has 0 aliphatic heterocycles. The lowest BCUT2D eigenvalue weighted by molar-refractivity contribution is -0.119. The van der Waals surface area contributed by atoms with E-state index in [0.717, 1.165) is 16.6 Å². The third kappa shape index (κ3) is 3.56. The molecule has 6 nitrogen and oxygen atoms in total. The first-order chi connectivity index (χ1) is 10.7. The van der Waals surface area contributed by atoms with Crippen molar-refractivity contribution in [1.29, 1.82) is 0 Å². The van der Waals surface area contributed by atoms with Crippen LogP contribution in [0.2, 0.25) is 0 Å². The first-order valence-corrected chi connectivity index (χ1v) is 7.64. The fraction of sp³-hybridized carbons (Fsp3) is 0.200. The lowest BCUT2D eigenvalue weighted by atomic mass is 10.3. The molecule has 0 bridgehead atoms. The molecule has 0 spiro atoms. The molecule has 0 saturated heterocycles. The highest BCUT2D eigenvalue weighted by Crippen LogP contribution is 2.26. The Hall–Kier alpha value is -2.54. The molecule has 0 radical (unpaired) electrons. The SMILES string of the molecule is CC(=O)NCc1ccc(-c2csc(NCc3ccco3)n2)o1. The standard InChI is InChI=1S/C15H15N3O3S/c1-10(19)16-8-12-4-5-14(21-12)13-9-22-15(18-13)17-7-11-3-2-6-20-11/h2-6,9H,7-8H2,1H3,(H,16,19)(H,17,18). The molecule has 3 heterocycles. The van der Waals surface area contributed by atoms with Crippen LogP contribution in [0.5, 0.6) is 0 Å². The number of amides is 1. The molecule has 2 N–H and O–H groups in total. The van der Waals surface area contributed by atoms with Gasteiger partial charge in [-0.05, 0) is 24.3 Å². The van der Waals surface area contributed by atoms with Crippen LogP contribution in [-0.2, 0) is 17.9 Å². The van der Waals surface area contributed by atoms with Gasteiger partial charge in [-0.25, -0.2) is 4.98 Å². The van der Waals surface area contributed by atoms with E-state index in [1.807, 2.05) is 29.6 Å². The van der Waals surface area contributed by atoms with Gasteiger partial charge in [-0.3, -0.25) is 4.79 Å². The van der Waals surface area contributed by atoms with Gasteiger partial charge in [-0.2, -0.15) is 0 Å². The van der Waals surface area contributed by atoms with Gasteiger partial charge in [0.25, 0.3) is 0 Å². The van der Waals surface area contributed by atoms with Gasteiger partial charge in [0.1, 0.15) is 17.2 Å². The summed E-state index contributed by atoms with van der Waals surface area (Å²) < 4.78 is 10.9. The van der Waals surface area contributed by atoms with Crippen molar-refractivity contribution in [3.8, 4) is 11.5 Å². The summed E-state index contributed by atoms with van der Waals surface area (Å²) in [5.41, 5.74) is 0.765. The summed E-state index contributed by atoms with van der Waals surface area (Å²) in [6.45, 7) is 2.44. The second-order valence-corrected chi connectivity index (χ2v) is 5.50. The number of carbonyl (C=O) groups is 1. The molecule has 0 fully saturated rings. The summed E-state index contributed by atoms with van der Waals surface area (Å²) in [5, 5.41) is 8.61. The predicted octanol–water partition coefficient (Wildman–Crippen LogP) is 3.24. The minimum absolute atomic E-state index is 0.0870. The number of nitrogens with one attached hydrogen (secondary N) is 2. The third-order valence-electron chi connectivity index (χ3n) is 2.92. The number of carbonyl (C=O) groups excluding carboxylic acids is 1. The van der Waals surface area contributed by atoms with Gasteiger partial charge in [0.2, 0.25) is 5.91 Å². The van der Waals surface area contributed by atoms with Crippen molar-refractivity contribution >= 4 is 22.4 Å². The maximum atomic E-state index is 10.9. The summed E-state index contributed by atoms with van der Waals surface area (Å²) in [6, 6.07) is 7.44. The molecule has 22 heavy (non-hydrogen) atoms. The van der Waals surface area contributed by atoms with E-state index < -0.39 is 0 Å². The Morgan fingerprint density at radius 1 is 1.27 bits per heavy atom. The van der Waals surface area contributed by atoms with Crippen LogP contribution in [0.3, 0.4) is 0 Å². The fourth-order valence-corrected chi connectivity index (χ4v) is 2.56. The number of rotatable bonds is 6.